The molecule has 0 spiro atoms. The first-order valence-electron chi connectivity index (χ1n) is 5.46. The molecule has 0 saturated carbocycles. The van der Waals surface area contributed by atoms with Gasteiger partial charge >= 0.3 is 0 Å². The molecule has 1 unspecified atom stereocenters. The molecule has 2 heterocycles. The van der Waals surface area contributed by atoms with Crippen LogP contribution in [-0.2, 0) is 6.42 Å². The van der Waals surface area contributed by atoms with Crippen LogP contribution in [0.15, 0.2) is 47.2 Å². The van der Waals surface area contributed by atoms with Crippen LogP contribution in [0.2, 0.25) is 0 Å². The van der Waals surface area contributed by atoms with E-state index in [0.717, 1.165) is 6.42 Å². The lowest BCUT2D eigenvalue weighted by molar-refractivity contribution is 0.976. The quantitative estimate of drug-likeness (QED) is 0.547. The number of hydrogen-bond donors (Lipinski definition) is 0. The Kier molecular flexibility index (Phi) is 3.32. The van der Waals surface area contributed by atoms with Crippen molar-refractivity contribution in [3.05, 3.63) is 57.6 Å². The smallest absolute Gasteiger partial charge is 0.0530 e. The summed E-state index contributed by atoms with van der Waals surface area (Å²) in [5, 5.41) is 5.71. The van der Waals surface area contributed by atoms with Gasteiger partial charge in [-0.2, -0.15) is 11.3 Å². The van der Waals surface area contributed by atoms with Crippen LogP contribution in [0, 0.1) is 0 Å². The van der Waals surface area contributed by atoms with Crippen molar-refractivity contribution in [2.45, 2.75) is 11.2 Å². The first kappa shape index (κ1) is 11.5. The normalized spacial score (nSPS) is 13.0. The summed E-state index contributed by atoms with van der Waals surface area (Å²) in [4.78, 5) is 1.84. The molecule has 0 nitrogen and oxygen atoms in total. The zero-order chi connectivity index (χ0) is 11.7. The molecular formula is C14H11BrS2. The molecule has 1 atom stereocenters. The van der Waals surface area contributed by atoms with Crippen LogP contribution in [-0.4, -0.2) is 0 Å². The van der Waals surface area contributed by atoms with Crippen LogP contribution in [0.3, 0.4) is 0 Å². The summed E-state index contributed by atoms with van der Waals surface area (Å²) in [5.74, 6) is 0. The largest absolute Gasteiger partial charge is 0.152 e. The number of benzene rings is 1. The minimum Gasteiger partial charge on any atom is -0.152 e. The molecule has 0 bridgehead atoms. The summed E-state index contributed by atoms with van der Waals surface area (Å²) in [6, 6.07) is 13.1. The third-order valence-corrected chi connectivity index (χ3v) is 5.83. The maximum atomic E-state index is 3.80. The van der Waals surface area contributed by atoms with E-state index < -0.39 is 0 Å². The minimum absolute atomic E-state index is 0.425. The van der Waals surface area contributed by atoms with Gasteiger partial charge in [-0.1, -0.05) is 34.1 Å². The van der Waals surface area contributed by atoms with Gasteiger partial charge in [0.25, 0.3) is 0 Å². The second kappa shape index (κ2) is 4.92. The highest BCUT2D eigenvalue weighted by Crippen LogP contribution is 2.36. The Morgan fingerprint density at radius 2 is 2.06 bits per heavy atom. The summed E-state index contributed by atoms with van der Waals surface area (Å²) < 4.78 is 1.37. The highest BCUT2D eigenvalue weighted by atomic mass is 79.9. The van der Waals surface area contributed by atoms with Crippen molar-refractivity contribution < 1.29 is 0 Å². The van der Waals surface area contributed by atoms with Crippen molar-refractivity contribution in [1.29, 1.82) is 0 Å². The molecule has 3 aromatic rings. The Bertz CT molecular complexity index is 577. The van der Waals surface area contributed by atoms with Crippen molar-refractivity contribution in [3.63, 3.8) is 0 Å². The van der Waals surface area contributed by atoms with Crippen molar-refractivity contribution in [2.75, 3.05) is 0 Å². The number of hydrogen-bond acceptors (Lipinski definition) is 2. The van der Waals surface area contributed by atoms with Crippen LogP contribution < -0.4 is 0 Å². The van der Waals surface area contributed by atoms with Gasteiger partial charge in [0.1, 0.15) is 0 Å². The highest BCUT2D eigenvalue weighted by Gasteiger charge is 2.12. The molecule has 0 amide bonds. The molecular weight excluding hydrogens is 312 g/mol. The van der Waals surface area contributed by atoms with Gasteiger partial charge in [0, 0.05) is 9.58 Å². The summed E-state index contributed by atoms with van der Waals surface area (Å²) in [7, 11) is 0. The predicted octanol–water partition coefficient (Wildman–Crippen LogP) is 5.64. The fourth-order valence-corrected chi connectivity index (χ4v) is 4.38. The third-order valence-electron chi connectivity index (χ3n) is 2.75. The Morgan fingerprint density at radius 3 is 2.82 bits per heavy atom. The molecule has 17 heavy (non-hydrogen) atoms. The SMILES string of the molecule is BrC(Cc1ccsc1)c1cc2ccccc2s1. The van der Waals surface area contributed by atoms with Gasteiger partial charge in [0.15, 0.2) is 0 Å². The van der Waals surface area contributed by atoms with Crippen LogP contribution in [0.1, 0.15) is 15.3 Å². The number of rotatable bonds is 3. The second-order valence-corrected chi connectivity index (χ2v) is 6.99. The van der Waals surface area contributed by atoms with Crippen molar-refractivity contribution in [2.24, 2.45) is 0 Å². The molecule has 3 rings (SSSR count). The lowest BCUT2D eigenvalue weighted by atomic mass is 10.1. The van der Waals surface area contributed by atoms with Crippen molar-refractivity contribution >= 4 is 48.7 Å². The standard InChI is InChI=1S/C14H11BrS2/c15-12(7-10-5-6-16-9-10)14-8-11-3-1-2-4-13(11)17-14/h1-6,8-9,12H,7H2. The lowest BCUT2D eigenvalue weighted by Crippen LogP contribution is -1.90. The van der Waals surface area contributed by atoms with E-state index in [9.17, 15) is 0 Å². The van der Waals surface area contributed by atoms with Gasteiger partial charge in [-0.15, -0.1) is 11.3 Å². The molecule has 86 valence electrons. The van der Waals surface area contributed by atoms with E-state index >= 15 is 0 Å². The first-order chi connectivity index (χ1) is 8.33. The highest BCUT2D eigenvalue weighted by molar-refractivity contribution is 9.09. The Hall–Kier alpha value is -0.640. The average Bonchev–Trinajstić information content (AvgIpc) is 2.96. The van der Waals surface area contributed by atoms with Gasteiger partial charge in [-0.3, -0.25) is 0 Å². The number of alkyl halides is 1. The van der Waals surface area contributed by atoms with E-state index in [-0.39, 0.29) is 0 Å². The molecule has 2 aromatic heterocycles. The zero-order valence-electron chi connectivity index (χ0n) is 9.10. The Morgan fingerprint density at radius 1 is 1.18 bits per heavy atom. The number of halogens is 1. The van der Waals surface area contributed by atoms with Crippen molar-refractivity contribution in [1.82, 2.24) is 0 Å². The molecule has 3 heteroatoms. The van der Waals surface area contributed by atoms with Crippen LogP contribution in [0.5, 0.6) is 0 Å². The van der Waals surface area contributed by atoms with E-state index in [1.807, 2.05) is 11.3 Å². The van der Waals surface area contributed by atoms with E-state index in [2.05, 4.69) is 63.1 Å². The van der Waals surface area contributed by atoms with Crippen molar-refractivity contribution in [3.8, 4) is 0 Å². The summed E-state index contributed by atoms with van der Waals surface area (Å²) in [5.41, 5.74) is 1.41. The topological polar surface area (TPSA) is 0 Å². The summed E-state index contributed by atoms with van der Waals surface area (Å²) >= 11 is 7.45. The first-order valence-corrected chi connectivity index (χ1v) is 8.14. The van der Waals surface area contributed by atoms with Crippen LogP contribution in [0.25, 0.3) is 10.1 Å². The molecule has 0 aliphatic rings. The fraction of sp³-hybridized carbons (Fsp3) is 0.143. The van der Waals surface area contributed by atoms with Gasteiger partial charge in [-0.25, -0.2) is 0 Å². The number of fused-ring (bicyclic) bond motifs is 1. The van der Waals surface area contributed by atoms with E-state index in [4.69, 9.17) is 0 Å². The van der Waals surface area contributed by atoms with E-state index in [1.165, 1.54) is 20.5 Å². The molecule has 0 aliphatic heterocycles. The zero-order valence-corrected chi connectivity index (χ0v) is 12.3. The van der Waals surface area contributed by atoms with Crippen LogP contribution >= 0.6 is 38.6 Å². The molecule has 0 N–H and O–H groups in total. The number of thiophene rings is 2. The Labute approximate surface area is 117 Å². The monoisotopic (exact) mass is 322 g/mol. The summed E-state index contributed by atoms with van der Waals surface area (Å²) in [6.45, 7) is 0. The maximum absolute atomic E-state index is 3.80. The predicted molar refractivity (Wildman–Crippen MR) is 81.5 cm³/mol. The van der Waals surface area contributed by atoms with Gasteiger partial charge < -0.3 is 0 Å². The minimum atomic E-state index is 0.425. The van der Waals surface area contributed by atoms with E-state index in [0.29, 0.717) is 4.83 Å². The molecule has 0 aliphatic carbocycles. The summed E-state index contributed by atoms with van der Waals surface area (Å²) in [6.07, 6.45) is 1.07. The lowest BCUT2D eigenvalue weighted by Gasteiger charge is -2.04. The van der Waals surface area contributed by atoms with E-state index in [1.54, 1.807) is 11.3 Å². The fourth-order valence-electron chi connectivity index (χ4n) is 1.87. The third kappa shape index (κ3) is 2.46. The second-order valence-electron chi connectivity index (χ2n) is 3.99. The van der Waals surface area contributed by atoms with Crippen LogP contribution in [0.4, 0.5) is 0 Å². The molecule has 0 radical (unpaired) electrons. The maximum Gasteiger partial charge on any atom is 0.0530 e. The Balaban J connectivity index is 1.88. The molecule has 0 fully saturated rings. The molecule has 0 saturated heterocycles. The van der Waals surface area contributed by atoms with Gasteiger partial charge in [-0.05, 0) is 46.3 Å². The van der Waals surface area contributed by atoms with Gasteiger partial charge in [0.05, 0.1) is 4.83 Å². The molecule has 1 aromatic carbocycles. The van der Waals surface area contributed by atoms with Gasteiger partial charge in [0.2, 0.25) is 0 Å². The average molecular weight is 323 g/mol.